The van der Waals surface area contributed by atoms with Crippen LogP contribution in [0.5, 0.6) is 0 Å². The topological polar surface area (TPSA) is 115 Å². The van der Waals surface area contributed by atoms with E-state index in [1.165, 1.54) is 0 Å². The van der Waals surface area contributed by atoms with Gasteiger partial charge in [0.25, 0.3) is 0 Å². The fraction of sp³-hybridized carbons (Fsp3) is 0.444. The molecule has 4 unspecified atom stereocenters. The molecular weight excluding hydrogens is 306 g/mol. The second kappa shape index (κ2) is 6.26. The van der Waals surface area contributed by atoms with E-state index in [1.54, 1.807) is 6.42 Å². The Morgan fingerprint density at radius 3 is 2.50 bits per heavy atom. The van der Waals surface area contributed by atoms with Crippen LogP contribution in [0, 0.1) is 23.7 Å². The van der Waals surface area contributed by atoms with Gasteiger partial charge in [-0.3, -0.25) is 14.4 Å². The quantitative estimate of drug-likeness (QED) is 0.697. The Labute approximate surface area is 141 Å². The van der Waals surface area contributed by atoms with E-state index in [9.17, 15) is 14.4 Å². The minimum atomic E-state index is -0.767. The number of hydrogen-bond donors (Lipinski definition) is 3. The SMILES string of the molecule is NC(=O)C(Cc1ccccc1)NC(=O)C1[CH]C2(C(N)=O)CCC1C2. The number of carbonyl (C=O) groups excluding carboxylic acids is 3. The molecule has 2 bridgehead atoms. The van der Waals surface area contributed by atoms with Gasteiger partial charge in [0.1, 0.15) is 6.04 Å². The molecule has 127 valence electrons. The first-order valence-electron chi connectivity index (χ1n) is 8.21. The van der Waals surface area contributed by atoms with Crippen molar-refractivity contribution < 1.29 is 14.4 Å². The molecular formula is C18H22N3O3. The highest BCUT2D eigenvalue weighted by Crippen LogP contribution is 2.56. The highest BCUT2D eigenvalue weighted by atomic mass is 16.2. The van der Waals surface area contributed by atoms with Crippen LogP contribution in [0.25, 0.3) is 0 Å². The monoisotopic (exact) mass is 328 g/mol. The van der Waals surface area contributed by atoms with E-state index in [-0.39, 0.29) is 23.7 Å². The number of hydrogen-bond acceptors (Lipinski definition) is 3. The molecule has 4 atom stereocenters. The molecule has 1 aromatic carbocycles. The Balaban J connectivity index is 1.67. The van der Waals surface area contributed by atoms with Crippen molar-refractivity contribution in [1.82, 2.24) is 5.32 Å². The maximum Gasteiger partial charge on any atom is 0.240 e. The first-order chi connectivity index (χ1) is 11.4. The predicted octanol–water partition coefficient (Wildman–Crippen LogP) is 0.305. The molecule has 2 fully saturated rings. The number of benzene rings is 1. The Morgan fingerprint density at radius 2 is 1.92 bits per heavy atom. The Hall–Kier alpha value is -2.37. The standard InChI is InChI=1S/C18H22N3O3/c19-15(22)14(8-11-4-2-1-3-5-11)21-16(23)13-10-18(17(20)24)7-6-12(13)9-18/h1-5,10,12-14H,6-9H2,(H2,19,22)(H2,20,24)(H,21,23). The molecule has 2 aliphatic rings. The van der Waals surface area contributed by atoms with Gasteiger partial charge in [-0.05, 0) is 37.2 Å². The van der Waals surface area contributed by atoms with Crippen LogP contribution in [-0.4, -0.2) is 23.8 Å². The molecule has 0 heterocycles. The summed E-state index contributed by atoms with van der Waals surface area (Å²) >= 11 is 0. The van der Waals surface area contributed by atoms with Gasteiger partial charge in [0, 0.05) is 12.3 Å². The van der Waals surface area contributed by atoms with Crippen molar-refractivity contribution >= 4 is 17.7 Å². The zero-order valence-corrected chi connectivity index (χ0v) is 13.4. The minimum Gasteiger partial charge on any atom is -0.369 e. The van der Waals surface area contributed by atoms with Gasteiger partial charge in [-0.1, -0.05) is 30.3 Å². The van der Waals surface area contributed by atoms with Gasteiger partial charge >= 0.3 is 0 Å². The number of fused-ring (bicyclic) bond motifs is 2. The molecule has 2 saturated carbocycles. The largest absolute Gasteiger partial charge is 0.369 e. The number of amides is 3. The fourth-order valence-corrected chi connectivity index (χ4v) is 3.99. The lowest BCUT2D eigenvalue weighted by atomic mass is 9.79. The van der Waals surface area contributed by atoms with Crippen molar-refractivity contribution in [3.63, 3.8) is 0 Å². The molecule has 5 N–H and O–H groups in total. The maximum absolute atomic E-state index is 12.6. The van der Waals surface area contributed by atoms with Crippen LogP contribution in [-0.2, 0) is 20.8 Å². The fourth-order valence-electron chi connectivity index (χ4n) is 3.99. The summed E-state index contributed by atoms with van der Waals surface area (Å²) in [5, 5.41) is 2.75. The summed E-state index contributed by atoms with van der Waals surface area (Å²) in [6.45, 7) is 0. The predicted molar refractivity (Wildman–Crippen MR) is 88.0 cm³/mol. The highest BCUT2D eigenvalue weighted by molar-refractivity contribution is 5.91. The zero-order valence-electron chi connectivity index (χ0n) is 13.4. The molecule has 3 rings (SSSR count). The summed E-state index contributed by atoms with van der Waals surface area (Å²) in [4.78, 5) is 36.0. The average molecular weight is 328 g/mol. The van der Waals surface area contributed by atoms with Gasteiger partial charge in [0.05, 0.1) is 5.41 Å². The zero-order chi connectivity index (χ0) is 17.3. The van der Waals surface area contributed by atoms with E-state index in [0.717, 1.165) is 12.0 Å². The molecule has 6 heteroatoms. The van der Waals surface area contributed by atoms with Gasteiger partial charge in [0.2, 0.25) is 17.7 Å². The van der Waals surface area contributed by atoms with E-state index in [0.29, 0.717) is 19.3 Å². The van der Waals surface area contributed by atoms with Crippen LogP contribution >= 0.6 is 0 Å². The van der Waals surface area contributed by atoms with Crippen molar-refractivity contribution in [1.29, 1.82) is 0 Å². The van der Waals surface area contributed by atoms with E-state index < -0.39 is 17.4 Å². The van der Waals surface area contributed by atoms with Crippen LogP contribution in [0.4, 0.5) is 0 Å². The normalized spacial score (nSPS) is 29.2. The summed E-state index contributed by atoms with van der Waals surface area (Å²) < 4.78 is 0. The Morgan fingerprint density at radius 1 is 1.21 bits per heavy atom. The van der Waals surface area contributed by atoms with Gasteiger partial charge in [-0.2, -0.15) is 0 Å². The number of primary amides is 2. The molecule has 1 aromatic rings. The third-order valence-corrected chi connectivity index (χ3v) is 5.33. The molecule has 24 heavy (non-hydrogen) atoms. The molecule has 2 aliphatic carbocycles. The summed E-state index contributed by atoms with van der Waals surface area (Å²) in [6.07, 6.45) is 4.26. The van der Waals surface area contributed by atoms with E-state index in [4.69, 9.17) is 11.5 Å². The smallest absolute Gasteiger partial charge is 0.240 e. The number of carbonyl (C=O) groups is 3. The lowest BCUT2D eigenvalue weighted by Gasteiger charge is -2.27. The summed E-state index contributed by atoms with van der Waals surface area (Å²) in [5.41, 5.74) is 11.2. The molecule has 6 nitrogen and oxygen atoms in total. The summed E-state index contributed by atoms with van der Waals surface area (Å²) in [6, 6.07) is 8.62. The second-order valence-corrected chi connectivity index (χ2v) is 6.87. The van der Waals surface area contributed by atoms with Gasteiger partial charge in [-0.25, -0.2) is 0 Å². The van der Waals surface area contributed by atoms with E-state index in [1.807, 2.05) is 30.3 Å². The van der Waals surface area contributed by atoms with Crippen LogP contribution < -0.4 is 16.8 Å². The van der Waals surface area contributed by atoms with Crippen LogP contribution in [0.15, 0.2) is 30.3 Å². The third-order valence-electron chi connectivity index (χ3n) is 5.33. The summed E-state index contributed by atoms with van der Waals surface area (Å²) in [5.74, 6) is -1.45. The van der Waals surface area contributed by atoms with E-state index in [2.05, 4.69) is 5.32 Å². The Kier molecular flexibility index (Phi) is 4.30. The van der Waals surface area contributed by atoms with Crippen LogP contribution in [0.3, 0.4) is 0 Å². The molecule has 1 radical (unpaired) electrons. The lowest BCUT2D eigenvalue weighted by Crippen LogP contribution is -2.49. The van der Waals surface area contributed by atoms with Gasteiger partial charge < -0.3 is 16.8 Å². The van der Waals surface area contributed by atoms with Crippen molar-refractivity contribution in [3.8, 4) is 0 Å². The second-order valence-electron chi connectivity index (χ2n) is 6.87. The molecule has 3 amide bonds. The summed E-state index contributed by atoms with van der Waals surface area (Å²) in [7, 11) is 0. The van der Waals surface area contributed by atoms with Gasteiger partial charge in [0.15, 0.2) is 0 Å². The number of nitrogens with one attached hydrogen (secondary N) is 1. The van der Waals surface area contributed by atoms with Crippen LogP contribution in [0.1, 0.15) is 24.8 Å². The highest BCUT2D eigenvalue weighted by Gasteiger charge is 2.56. The lowest BCUT2D eigenvalue weighted by molar-refractivity contribution is -0.130. The first-order valence-corrected chi connectivity index (χ1v) is 8.21. The van der Waals surface area contributed by atoms with Gasteiger partial charge in [-0.15, -0.1) is 0 Å². The first kappa shape index (κ1) is 16.5. The average Bonchev–Trinajstić information content (AvgIpc) is 3.15. The van der Waals surface area contributed by atoms with E-state index >= 15 is 0 Å². The third kappa shape index (κ3) is 3.00. The van der Waals surface area contributed by atoms with Crippen molar-refractivity contribution in [2.45, 2.75) is 31.7 Å². The minimum absolute atomic E-state index is 0.114. The number of nitrogens with two attached hydrogens (primary N) is 2. The van der Waals surface area contributed by atoms with Crippen molar-refractivity contribution in [3.05, 3.63) is 42.3 Å². The molecule has 0 spiro atoms. The maximum atomic E-state index is 12.6. The Bertz CT molecular complexity index is 661. The molecule has 0 saturated heterocycles. The molecule has 0 aliphatic heterocycles. The number of rotatable bonds is 6. The van der Waals surface area contributed by atoms with Crippen molar-refractivity contribution in [2.24, 2.45) is 28.7 Å². The molecule has 0 aromatic heterocycles. The van der Waals surface area contributed by atoms with Crippen molar-refractivity contribution in [2.75, 3.05) is 0 Å². The van der Waals surface area contributed by atoms with Crippen LogP contribution in [0.2, 0.25) is 0 Å².